The molecule has 0 aliphatic heterocycles. The van der Waals surface area contributed by atoms with Gasteiger partial charge in [0.25, 0.3) is 0 Å². The molecule has 0 radical (unpaired) electrons. The molecule has 2 amide bonds. The largest absolute Gasteiger partial charge is 0.497 e. The molecule has 2 rings (SSSR count). The number of carbonyl (C=O) groups excluding carboxylic acids is 2. The van der Waals surface area contributed by atoms with Gasteiger partial charge in [0, 0.05) is 18.7 Å². The zero-order valence-corrected chi connectivity index (χ0v) is 22.7. The molecule has 2 aromatic rings. The van der Waals surface area contributed by atoms with Crippen molar-refractivity contribution in [3.63, 3.8) is 0 Å². The number of halogens is 2. The summed E-state index contributed by atoms with van der Waals surface area (Å²) in [6.07, 6.45) is 1.74. The van der Waals surface area contributed by atoms with Crippen LogP contribution in [-0.4, -0.2) is 57.1 Å². The van der Waals surface area contributed by atoms with Gasteiger partial charge in [-0.25, -0.2) is 8.42 Å². The maximum absolute atomic E-state index is 13.5. The second-order valence-electron chi connectivity index (χ2n) is 8.24. The molecule has 192 valence electrons. The minimum absolute atomic E-state index is 0.0283. The molecule has 2 aromatic carbocycles. The predicted octanol–water partition coefficient (Wildman–Crippen LogP) is 4.10. The van der Waals surface area contributed by atoms with Gasteiger partial charge in [0.05, 0.1) is 29.1 Å². The van der Waals surface area contributed by atoms with Crippen LogP contribution in [0.15, 0.2) is 42.5 Å². The highest BCUT2D eigenvalue weighted by molar-refractivity contribution is 7.92. The number of anilines is 1. The van der Waals surface area contributed by atoms with Crippen LogP contribution in [-0.2, 0) is 26.2 Å². The molecule has 0 heterocycles. The van der Waals surface area contributed by atoms with Crippen molar-refractivity contribution in [2.75, 3.05) is 24.2 Å². The second kappa shape index (κ2) is 12.5. The number of carbonyl (C=O) groups is 2. The third kappa shape index (κ3) is 8.02. The summed E-state index contributed by atoms with van der Waals surface area (Å²) in [7, 11) is -2.37. The third-order valence-corrected chi connectivity index (χ3v) is 7.41. The number of ether oxygens (including phenoxy) is 1. The van der Waals surface area contributed by atoms with Crippen molar-refractivity contribution in [3.8, 4) is 5.75 Å². The Bertz CT molecular complexity index is 1160. The van der Waals surface area contributed by atoms with Crippen LogP contribution >= 0.6 is 23.2 Å². The lowest BCUT2D eigenvalue weighted by Gasteiger charge is -2.32. The Morgan fingerprint density at radius 3 is 2.34 bits per heavy atom. The molecule has 0 saturated heterocycles. The highest BCUT2D eigenvalue weighted by atomic mass is 35.5. The van der Waals surface area contributed by atoms with E-state index in [0.29, 0.717) is 21.4 Å². The third-order valence-electron chi connectivity index (χ3n) is 5.53. The van der Waals surface area contributed by atoms with Gasteiger partial charge in [0.15, 0.2) is 0 Å². The lowest BCUT2D eigenvalue weighted by Crippen LogP contribution is -2.52. The molecule has 0 spiro atoms. The van der Waals surface area contributed by atoms with Crippen molar-refractivity contribution >= 4 is 50.7 Å². The first-order valence-corrected chi connectivity index (χ1v) is 13.6. The Balaban J connectivity index is 2.42. The monoisotopic (exact) mass is 543 g/mol. The SMILES string of the molecule is CC[C@@H](C)NC(=O)[C@@H](C)N(Cc1ccc(Cl)c(Cl)c1)C(=O)CN(c1cccc(OC)c1)S(C)(=O)=O. The number of sulfonamides is 1. The van der Waals surface area contributed by atoms with Gasteiger partial charge in [-0.2, -0.15) is 0 Å². The standard InChI is InChI=1S/C24H31Cl2N3O5S/c1-6-16(2)27-24(31)17(3)28(14-18-10-11-21(25)22(26)12-18)23(30)15-29(35(5,32)33)19-8-7-9-20(13-19)34-4/h7-13,16-17H,6,14-15H2,1-5H3,(H,27,31)/t16-,17-/m1/s1. The molecular formula is C24H31Cl2N3O5S. The molecule has 0 saturated carbocycles. The summed E-state index contributed by atoms with van der Waals surface area (Å²) in [6.45, 7) is 4.93. The molecule has 1 N–H and O–H groups in total. The van der Waals surface area contributed by atoms with Crippen LogP contribution in [0, 0.1) is 0 Å². The Hall–Kier alpha value is -2.49. The maximum Gasteiger partial charge on any atom is 0.244 e. The number of amides is 2. The number of rotatable bonds is 11. The summed E-state index contributed by atoms with van der Waals surface area (Å²) < 4.78 is 31.4. The molecule has 0 unspecified atom stereocenters. The lowest BCUT2D eigenvalue weighted by molar-refractivity contribution is -0.139. The van der Waals surface area contributed by atoms with Crippen molar-refractivity contribution in [3.05, 3.63) is 58.1 Å². The van der Waals surface area contributed by atoms with E-state index in [9.17, 15) is 18.0 Å². The van der Waals surface area contributed by atoms with E-state index in [4.69, 9.17) is 27.9 Å². The number of hydrogen-bond acceptors (Lipinski definition) is 5. The summed E-state index contributed by atoms with van der Waals surface area (Å²) in [6, 6.07) is 10.3. The van der Waals surface area contributed by atoms with E-state index in [1.54, 1.807) is 43.3 Å². The van der Waals surface area contributed by atoms with Gasteiger partial charge in [0.1, 0.15) is 18.3 Å². The van der Waals surface area contributed by atoms with Crippen molar-refractivity contribution in [1.82, 2.24) is 10.2 Å². The minimum atomic E-state index is -3.83. The Morgan fingerprint density at radius 2 is 1.77 bits per heavy atom. The molecule has 8 nitrogen and oxygen atoms in total. The van der Waals surface area contributed by atoms with Crippen molar-refractivity contribution in [2.45, 2.75) is 45.8 Å². The van der Waals surface area contributed by atoms with E-state index >= 15 is 0 Å². The number of methoxy groups -OCH3 is 1. The summed E-state index contributed by atoms with van der Waals surface area (Å²) >= 11 is 12.2. The fourth-order valence-electron chi connectivity index (χ4n) is 3.26. The highest BCUT2D eigenvalue weighted by Gasteiger charge is 2.30. The molecule has 0 bridgehead atoms. The van der Waals surface area contributed by atoms with Gasteiger partial charge in [-0.1, -0.05) is 42.3 Å². The summed E-state index contributed by atoms with van der Waals surface area (Å²) in [5, 5.41) is 3.54. The van der Waals surface area contributed by atoms with E-state index in [-0.39, 0.29) is 24.2 Å². The van der Waals surface area contributed by atoms with Gasteiger partial charge in [-0.15, -0.1) is 0 Å². The van der Waals surface area contributed by atoms with Gasteiger partial charge in [0.2, 0.25) is 21.8 Å². The predicted molar refractivity (Wildman–Crippen MR) is 140 cm³/mol. The number of nitrogens with one attached hydrogen (secondary N) is 1. The number of hydrogen-bond donors (Lipinski definition) is 1. The zero-order chi connectivity index (χ0) is 26.3. The molecule has 0 aliphatic carbocycles. The molecule has 11 heteroatoms. The number of benzene rings is 2. The first kappa shape index (κ1) is 28.7. The Labute approximate surface area is 217 Å². The van der Waals surface area contributed by atoms with Crippen LogP contribution in [0.3, 0.4) is 0 Å². The average Bonchev–Trinajstić information content (AvgIpc) is 2.81. The molecule has 0 aliphatic rings. The topological polar surface area (TPSA) is 96.0 Å². The van der Waals surface area contributed by atoms with E-state index in [0.717, 1.165) is 17.0 Å². The quantitative estimate of drug-likeness (QED) is 0.460. The molecular weight excluding hydrogens is 513 g/mol. The molecule has 2 atom stereocenters. The molecule has 35 heavy (non-hydrogen) atoms. The Morgan fingerprint density at radius 1 is 1.09 bits per heavy atom. The zero-order valence-electron chi connectivity index (χ0n) is 20.4. The van der Waals surface area contributed by atoms with Gasteiger partial charge < -0.3 is 15.0 Å². The van der Waals surface area contributed by atoms with Crippen LogP contribution in [0.5, 0.6) is 5.75 Å². The van der Waals surface area contributed by atoms with E-state index in [1.165, 1.54) is 18.1 Å². The van der Waals surface area contributed by atoms with Crippen LogP contribution < -0.4 is 14.4 Å². The van der Waals surface area contributed by atoms with Gasteiger partial charge in [-0.3, -0.25) is 13.9 Å². The normalized spacial score (nSPS) is 13.0. The lowest BCUT2D eigenvalue weighted by atomic mass is 10.1. The smallest absolute Gasteiger partial charge is 0.244 e. The van der Waals surface area contributed by atoms with Crippen molar-refractivity contribution in [1.29, 1.82) is 0 Å². The highest BCUT2D eigenvalue weighted by Crippen LogP contribution is 2.25. The minimum Gasteiger partial charge on any atom is -0.497 e. The summed E-state index contributed by atoms with van der Waals surface area (Å²) in [5.41, 5.74) is 0.912. The first-order chi connectivity index (χ1) is 16.4. The number of nitrogens with zero attached hydrogens (tertiary/aromatic N) is 2. The Kier molecular flexibility index (Phi) is 10.2. The fraction of sp³-hybridized carbons (Fsp3) is 0.417. The van der Waals surface area contributed by atoms with Gasteiger partial charge >= 0.3 is 0 Å². The van der Waals surface area contributed by atoms with Crippen LogP contribution in [0.2, 0.25) is 10.0 Å². The molecule has 0 aromatic heterocycles. The first-order valence-electron chi connectivity index (χ1n) is 11.0. The van der Waals surface area contributed by atoms with Gasteiger partial charge in [-0.05, 0) is 50.1 Å². The van der Waals surface area contributed by atoms with E-state index in [1.807, 2.05) is 13.8 Å². The van der Waals surface area contributed by atoms with Crippen molar-refractivity contribution < 1.29 is 22.7 Å². The summed E-state index contributed by atoms with van der Waals surface area (Å²) in [4.78, 5) is 27.8. The van der Waals surface area contributed by atoms with E-state index < -0.39 is 28.5 Å². The van der Waals surface area contributed by atoms with Crippen LogP contribution in [0.25, 0.3) is 0 Å². The second-order valence-corrected chi connectivity index (χ2v) is 11.0. The molecule has 0 fully saturated rings. The van der Waals surface area contributed by atoms with Crippen LogP contribution in [0.4, 0.5) is 5.69 Å². The van der Waals surface area contributed by atoms with Crippen LogP contribution in [0.1, 0.15) is 32.8 Å². The maximum atomic E-state index is 13.5. The van der Waals surface area contributed by atoms with Crippen molar-refractivity contribution in [2.24, 2.45) is 0 Å². The average molecular weight is 545 g/mol. The fourth-order valence-corrected chi connectivity index (χ4v) is 4.42. The summed E-state index contributed by atoms with van der Waals surface area (Å²) in [5.74, 6) is -0.464. The van der Waals surface area contributed by atoms with E-state index in [2.05, 4.69) is 5.32 Å².